The fourth-order valence-corrected chi connectivity index (χ4v) is 1.15. The highest BCUT2D eigenvalue weighted by Crippen LogP contribution is 2.10. The standard InChI is InChI=1S/C11H18N6O3/c1-4-5-13-8-15-9(17-10(16-8)19-3)14-6-7-20-11(18)12-2/h4H,1,5-7H2,2-3H3,(H,12,18)(H2,13,14,15,16,17). The Morgan fingerprint density at radius 3 is 2.60 bits per heavy atom. The van der Waals surface area contributed by atoms with E-state index in [9.17, 15) is 4.79 Å². The normalized spacial score (nSPS) is 9.50. The van der Waals surface area contributed by atoms with Crippen LogP contribution in [0, 0.1) is 0 Å². The van der Waals surface area contributed by atoms with E-state index in [-0.39, 0.29) is 12.6 Å². The van der Waals surface area contributed by atoms with Gasteiger partial charge in [0, 0.05) is 13.6 Å². The van der Waals surface area contributed by atoms with Gasteiger partial charge in [-0.2, -0.15) is 15.0 Å². The number of rotatable bonds is 8. The molecule has 0 bridgehead atoms. The summed E-state index contributed by atoms with van der Waals surface area (Å²) in [5.74, 6) is 0.690. The van der Waals surface area contributed by atoms with Gasteiger partial charge in [0.25, 0.3) is 0 Å². The molecule has 0 radical (unpaired) electrons. The van der Waals surface area contributed by atoms with Gasteiger partial charge < -0.3 is 25.4 Å². The summed E-state index contributed by atoms with van der Waals surface area (Å²) in [7, 11) is 2.95. The molecule has 0 saturated carbocycles. The Bertz CT molecular complexity index is 454. The second-order valence-corrected chi connectivity index (χ2v) is 3.45. The number of anilines is 2. The summed E-state index contributed by atoms with van der Waals surface area (Å²) in [6, 6.07) is 0.182. The molecule has 0 aromatic carbocycles. The molecule has 0 atom stereocenters. The van der Waals surface area contributed by atoms with Crippen LogP contribution in [0.3, 0.4) is 0 Å². The Morgan fingerprint density at radius 2 is 2.00 bits per heavy atom. The molecule has 20 heavy (non-hydrogen) atoms. The van der Waals surface area contributed by atoms with Crippen LogP contribution in [-0.4, -0.2) is 54.9 Å². The Labute approximate surface area is 116 Å². The number of carbonyl (C=O) groups excluding carboxylic acids is 1. The first-order valence-electron chi connectivity index (χ1n) is 5.92. The lowest BCUT2D eigenvalue weighted by molar-refractivity contribution is 0.153. The molecule has 1 aromatic heterocycles. The number of amides is 1. The first kappa shape index (κ1) is 15.5. The summed E-state index contributed by atoms with van der Waals surface area (Å²) in [5.41, 5.74) is 0. The van der Waals surface area contributed by atoms with Crippen molar-refractivity contribution in [1.82, 2.24) is 20.3 Å². The largest absolute Gasteiger partial charge is 0.467 e. The number of alkyl carbamates (subject to hydrolysis) is 1. The average Bonchev–Trinajstić information content (AvgIpc) is 2.48. The van der Waals surface area contributed by atoms with Gasteiger partial charge in [-0.05, 0) is 0 Å². The minimum Gasteiger partial charge on any atom is -0.467 e. The summed E-state index contributed by atoms with van der Waals surface area (Å²) in [6.07, 6.45) is 1.19. The number of ether oxygens (including phenoxy) is 2. The van der Waals surface area contributed by atoms with Crippen molar-refractivity contribution >= 4 is 18.0 Å². The third-order valence-corrected chi connectivity index (χ3v) is 2.02. The van der Waals surface area contributed by atoms with Crippen molar-refractivity contribution in [1.29, 1.82) is 0 Å². The fourth-order valence-electron chi connectivity index (χ4n) is 1.15. The van der Waals surface area contributed by atoms with Crippen LogP contribution in [0.2, 0.25) is 0 Å². The second kappa shape index (κ2) is 8.51. The fraction of sp³-hybridized carbons (Fsp3) is 0.455. The number of carbonyl (C=O) groups is 1. The number of hydrogen-bond acceptors (Lipinski definition) is 8. The van der Waals surface area contributed by atoms with Crippen LogP contribution in [0.15, 0.2) is 12.7 Å². The van der Waals surface area contributed by atoms with E-state index < -0.39 is 6.09 Å². The molecular formula is C11H18N6O3. The highest BCUT2D eigenvalue weighted by molar-refractivity contribution is 5.66. The average molecular weight is 282 g/mol. The van der Waals surface area contributed by atoms with Crippen LogP contribution in [-0.2, 0) is 4.74 Å². The highest BCUT2D eigenvalue weighted by atomic mass is 16.5. The smallest absolute Gasteiger partial charge is 0.406 e. The summed E-state index contributed by atoms with van der Waals surface area (Å²) in [5, 5.41) is 8.18. The summed E-state index contributed by atoms with van der Waals surface area (Å²) in [6.45, 7) is 4.66. The van der Waals surface area contributed by atoms with E-state index in [1.54, 1.807) is 6.08 Å². The Kier molecular flexibility index (Phi) is 6.59. The van der Waals surface area contributed by atoms with Crippen LogP contribution in [0.5, 0.6) is 6.01 Å². The molecule has 0 spiro atoms. The van der Waals surface area contributed by atoms with Gasteiger partial charge in [0.1, 0.15) is 6.61 Å². The number of aromatic nitrogens is 3. The predicted molar refractivity (Wildman–Crippen MR) is 74.0 cm³/mol. The number of methoxy groups -OCH3 is 1. The lowest BCUT2D eigenvalue weighted by Gasteiger charge is -2.09. The van der Waals surface area contributed by atoms with Gasteiger partial charge >= 0.3 is 12.1 Å². The van der Waals surface area contributed by atoms with Gasteiger partial charge in [-0.1, -0.05) is 6.08 Å². The molecule has 0 unspecified atom stereocenters. The summed E-state index contributed by atoms with van der Waals surface area (Å²) >= 11 is 0. The van der Waals surface area contributed by atoms with E-state index >= 15 is 0 Å². The van der Waals surface area contributed by atoms with Crippen molar-refractivity contribution in [2.24, 2.45) is 0 Å². The molecule has 0 fully saturated rings. The third kappa shape index (κ3) is 5.38. The molecule has 0 saturated heterocycles. The van der Waals surface area contributed by atoms with Crippen LogP contribution in [0.1, 0.15) is 0 Å². The maximum atomic E-state index is 10.9. The molecule has 0 aliphatic rings. The molecule has 1 amide bonds. The van der Waals surface area contributed by atoms with Crippen LogP contribution in [0.4, 0.5) is 16.7 Å². The second-order valence-electron chi connectivity index (χ2n) is 3.45. The van der Waals surface area contributed by atoms with E-state index in [2.05, 4.69) is 37.5 Å². The summed E-state index contributed by atoms with van der Waals surface area (Å²) in [4.78, 5) is 23.0. The molecule has 0 aliphatic carbocycles. The van der Waals surface area contributed by atoms with Gasteiger partial charge in [-0.15, -0.1) is 6.58 Å². The van der Waals surface area contributed by atoms with E-state index in [1.807, 2.05) is 0 Å². The minimum atomic E-state index is -0.492. The van der Waals surface area contributed by atoms with Gasteiger partial charge in [-0.25, -0.2) is 4.79 Å². The first-order chi connectivity index (χ1) is 9.69. The van der Waals surface area contributed by atoms with Crippen molar-refractivity contribution in [2.45, 2.75) is 0 Å². The van der Waals surface area contributed by atoms with Crippen molar-refractivity contribution in [2.75, 3.05) is 44.5 Å². The summed E-state index contributed by atoms with van der Waals surface area (Å²) < 4.78 is 9.79. The van der Waals surface area contributed by atoms with Crippen molar-refractivity contribution in [3.8, 4) is 6.01 Å². The highest BCUT2D eigenvalue weighted by Gasteiger charge is 2.06. The molecule has 9 nitrogen and oxygen atoms in total. The lowest BCUT2D eigenvalue weighted by atomic mass is 10.6. The Morgan fingerprint density at radius 1 is 1.30 bits per heavy atom. The topological polar surface area (TPSA) is 110 Å². The molecule has 1 aromatic rings. The zero-order valence-corrected chi connectivity index (χ0v) is 11.5. The maximum Gasteiger partial charge on any atom is 0.406 e. The zero-order chi connectivity index (χ0) is 14.8. The van der Waals surface area contributed by atoms with Crippen LogP contribution < -0.4 is 20.7 Å². The van der Waals surface area contributed by atoms with Crippen LogP contribution >= 0.6 is 0 Å². The number of nitrogens with one attached hydrogen (secondary N) is 3. The first-order valence-corrected chi connectivity index (χ1v) is 5.92. The third-order valence-electron chi connectivity index (χ3n) is 2.02. The SMILES string of the molecule is C=CCNc1nc(NCCOC(=O)NC)nc(OC)n1. The maximum absolute atomic E-state index is 10.9. The monoisotopic (exact) mass is 282 g/mol. The zero-order valence-electron chi connectivity index (χ0n) is 11.5. The number of nitrogens with zero attached hydrogens (tertiary/aromatic N) is 3. The van der Waals surface area contributed by atoms with Crippen LogP contribution in [0.25, 0.3) is 0 Å². The van der Waals surface area contributed by atoms with Crippen molar-refractivity contribution < 1.29 is 14.3 Å². The predicted octanol–water partition coefficient (Wildman–Crippen LogP) is 0.246. The van der Waals surface area contributed by atoms with Crippen molar-refractivity contribution in [3.05, 3.63) is 12.7 Å². The Hall–Kier alpha value is -2.58. The quantitative estimate of drug-likeness (QED) is 0.459. The van der Waals surface area contributed by atoms with Gasteiger partial charge in [0.15, 0.2) is 0 Å². The molecule has 0 aliphatic heterocycles. The molecule has 110 valence electrons. The van der Waals surface area contributed by atoms with E-state index in [4.69, 9.17) is 9.47 Å². The van der Waals surface area contributed by atoms with Crippen molar-refractivity contribution in [3.63, 3.8) is 0 Å². The van der Waals surface area contributed by atoms with Gasteiger partial charge in [0.05, 0.1) is 13.7 Å². The molecule has 1 rings (SSSR count). The molecule has 3 N–H and O–H groups in total. The Balaban J connectivity index is 2.54. The molecule has 9 heteroatoms. The molecular weight excluding hydrogens is 264 g/mol. The minimum absolute atomic E-state index is 0.182. The molecule has 1 heterocycles. The van der Waals surface area contributed by atoms with E-state index in [1.165, 1.54) is 14.2 Å². The van der Waals surface area contributed by atoms with Gasteiger partial charge in [0.2, 0.25) is 11.9 Å². The van der Waals surface area contributed by atoms with E-state index in [0.717, 1.165) is 0 Å². The number of hydrogen-bond donors (Lipinski definition) is 3. The van der Waals surface area contributed by atoms with E-state index in [0.29, 0.717) is 25.0 Å². The lowest BCUT2D eigenvalue weighted by Crippen LogP contribution is -2.22. The van der Waals surface area contributed by atoms with Gasteiger partial charge in [-0.3, -0.25) is 0 Å².